The SMILES string of the molecule is CC.CC1CCC(CC2CCC(C(C)C)CC2)CC1. The minimum atomic E-state index is 0.923. The minimum Gasteiger partial charge on any atom is -0.0683 e. The maximum absolute atomic E-state index is 2.43. The molecular weight excluding hydrogens is 228 g/mol. The fourth-order valence-corrected chi connectivity index (χ4v) is 4.13. The van der Waals surface area contributed by atoms with Gasteiger partial charge in [-0.1, -0.05) is 73.1 Å². The van der Waals surface area contributed by atoms with Crippen LogP contribution in [-0.2, 0) is 0 Å². The molecule has 0 aliphatic heterocycles. The summed E-state index contributed by atoms with van der Waals surface area (Å²) in [6.07, 6.45) is 13.8. The van der Waals surface area contributed by atoms with Crippen LogP contribution in [0.25, 0.3) is 0 Å². The largest absolute Gasteiger partial charge is 0.0683 e. The molecule has 0 nitrogen and oxygen atoms in total. The van der Waals surface area contributed by atoms with Crippen molar-refractivity contribution in [3.8, 4) is 0 Å². The molecule has 0 saturated heterocycles. The Morgan fingerprint density at radius 1 is 0.737 bits per heavy atom. The zero-order valence-electron chi connectivity index (χ0n) is 14.3. The van der Waals surface area contributed by atoms with Crippen LogP contribution in [0, 0.1) is 29.6 Å². The summed E-state index contributed by atoms with van der Waals surface area (Å²) in [7, 11) is 0. The van der Waals surface area contributed by atoms with Gasteiger partial charge in [-0.25, -0.2) is 0 Å². The number of hydrogen-bond donors (Lipinski definition) is 0. The summed E-state index contributed by atoms with van der Waals surface area (Å²) in [5.74, 6) is 5.15. The first kappa shape index (κ1) is 17.1. The predicted octanol–water partition coefficient (Wildman–Crippen LogP) is 6.69. The van der Waals surface area contributed by atoms with Gasteiger partial charge in [-0.15, -0.1) is 0 Å². The Morgan fingerprint density at radius 2 is 1.16 bits per heavy atom. The molecule has 0 heteroatoms. The maximum atomic E-state index is 2.43. The molecular formula is C19H38. The van der Waals surface area contributed by atoms with Gasteiger partial charge in [0.15, 0.2) is 0 Å². The molecule has 0 unspecified atom stereocenters. The molecule has 19 heavy (non-hydrogen) atoms. The van der Waals surface area contributed by atoms with Crippen molar-refractivity contribution in [2.24, 2.45) is 29.6 Å². The third-order valence-electron chi connectivity index (χ3n) is 5.64. The summed E-state index contributed by atoms with van der Waals surface area (Å²) in [6, 6.07) is 0. The second-order valence-corrected chi connectivity index (χ2v) is 7.39. The van der Waals surface area contributed by atoms with Gasteiger partial charge in [-0.05, 0) is 48.9 Å². The molecule has 0 spiro atoms. The van der Waals surface area contributed by atoms with Crippen LogP contribution in [0.1, 0.15) is 92.4 Å². The van der Waals surface area contributed by atoms with Gasteiger partial charge in [-0.2, -0.15) is 0 Å². The third kappa shape index (κ3) is 5.88. The summed E-state index contributed by atoms with van der Waals surface area (Å²) in [5, 5.41) is 0. The lowest BCUT2D eigenvalue weighted by Gasteiger charge is -2.34. The average Bonchev–Trinajstić information content (AvgIpc) is 2.44. The van der Waals surface area contributed by atoms with Crippen molar-refractivity contribution < 1.29 is 0 Å². The summed E-state index contributed by atoms with van der Waals surface area (Å²) in [6.45, 7) is 11.3. The summed E-state index contributed by atoms with van der Waals surface area (Å²) in [4.78, 5) is 0. The first-order chi connectivity index (χ1) is 9.15. The van der Waals surface area contributed by atoms with Crippen LogP contribution in [0.5, 0.6) is 0 Å². The van der Waals surface area contributed by atoms with Crippen LogP contribution in [0.2, 0.25) is 0 Å². The number of hydrogen-bond acceptors (Lipinski definition) is 0. The zero-order chi connectivity index (χ0) is 14.3. The summed E-state index contributed by atoms with van der Waals surface area (Å²) >= 11 is 0. The molecule has 2 saturated carbocycles. The molecule has 0 atom stereocenters. The van der Waals surface area contributed by atoms with Crippen molar-refractivity contribution in [3.63, 3.8) is 0 Å². The van der Waals surface area contributed by atoms with Crippen LogP contribution in [0.3, 0.4) is 0 Å². The molecule has 0 bridgehead atoms. The van der Waals surface area contributed by atoms with E-state index in [4.69, 9.17) is 0 Å². The topological polar surface area (TPSA) is 0 Å². The molecule has 0 amide bonds. The molecule has 0 aromatic carbocycles. The van der Waals surface area contributed by atoms with Gasteiger partial charge in [0.2, 0.25) is 0 Å². The van der Waals surface area contributed by atoms with Crippen LogP contribution in [0.4, 0.5) is 0 Å². The van der Waals surface area contributed by atoms with Crippen molar-refractivity contribution in [2.45, 2.75) is 92.4 Å². The fourth-order valence-electron chi connectivity index (χ4n) is 4.13. The second-order valence-electron chi connectivity index (χ2n) is 7.39. The minimum absolute atomic E-state index is 0.923. The van der Waals surface area contributed by atoms with Crippen LogP contribution in [0.15, 0.2) is 0 Å². The van der Waals surface area contributed by atoms with Crippen molar-refractivity contribution in [1.29, 1.82) is 0 Å². The van der Waals surface area contributed by atoms with E-state index >= 15 is 0 Å². The lowest BCUT2D eigenvalue weighted by atomic mass is 9.71. The Morgan fingerprint density at radius 3 is 1.58 bits per heavy atom. The highest BCUT2D eigenvalue weighted by molar-refractivity contribution is 4.78. The molecule has 0 N–H and O–H groups in total. The van der Waals surface area contributed by atoms with Gasteiger partial charge in [0.05, 0.1) is 0 Å². The lowest BCUT2D eigenvalue weighted by molar-refractivity contribution is 0.176. The van der Waals surface area contributed by atoms with Crippen LogP contribution in [-0.4, -0.2) is 0 Å². The predicted molar refractivity (Wildman–Crippen MR) is 87.4 cm³/mol. The smallest absolute Gasteiger partial charge is 0.0391 e. The quantitative estimate of drug-likeness (QED) is 0.533. The van der Waals surface area contributed by atoms with Crippen LogP contribution < -0.4 is 0 Å². The molecule has 0 heterocycles. The van der Waals surface area contributed by atoms with E-state index in [0.29, 0.717) is 0 Å². The lowest BCUT2D eigenvalue weighted by Crippen LogP contribution is -2.22. The molecule has 0 aromatic heterocycles. The van der Waals surface area contributed by atoms with Crippen molar-refractivity contribution in [1.82, 2.24) is 0 Å². The van der Waals surface area contributed by atoms with Crippen molar-refractivity contribution in [3.05, 3.63) is 0 Å². The highest BCUT2D eigenvalue weighted by Gasteiger charge is 2.26. The van der Waals surface area contributed by atoms with Gasteiger partial charge in [0.1, 0.15) is 0 Å². The highest BCUT2D eigenvalue weighted by atomic mass is 14.3. The zero-order valence-corrected chi connectivity index (χ0v) is 14.3. The fraction of sp³-hybridized carbons (Fsp3) is 1.00. The van der Waals surface area contributed by atoms with E-state index in [0.717, 1.165) is 29.6 Å². The van der Waals surface area contributed by atoms with E-state index in [9.17, 15) is 0 Å². The highest BCUT2D eigenvalue weighted by Crippen LogP contribution is 2.39. The molecule has 2 aliphatic rings. The van der Waals surface area contributed by atoms with E-state index in [1.165, 1.54) is 51.4 Å². The molecule has 2 aliphatic carbocycles. The Labute approximate surface area is 122 Å². The summed E-state index contributed by atoms with van der Waals surface area (Å²) < 4.78 is 0. The maximum Gasteiger partial charge on any atom is -0.0391 e. The second kappa shape index (κ2) is 9.03. The standard InChI is InChI=1S/C17H32.C2H6/c1-13(2)17-10-8-16(9-11-17)12-15-6-4-14(3)5-7-15;1-2/h13-17H,4-12H2,1-3H3;1-2H3. The van der Waals surface area contributed by atoms with Crippen molar-refractivity contribution >= 4 is 0 Å². The Kier molecular flexibility index (Phi) is 8.11. The normalized spacial score (nSPS) is 35.7. The van der Waals surface area contributed by atoms with Crippen LogP contribution >= 0.6 is 0 Å². The average molecular weight is 267 g/mol. The van der Waals surface area contributed by atoms with Gasteiger partial charge < -0.3 is 0 Å². The Balaban J connectivity index is 0.000000861. The Bertz CT molecular complexity index is 202. The van der Waals surface area contributed by atoms with E-state index in [2.05, 4.69) is 20.8 Å². The number of rotatable bonds is 3. The van der Waals surface area contributed by atoms with E-state index in [-0.39, 0.29) is 0 Å². The monoisotopic (exact) mass is 266 g/mol. The summed E-state index contributed by atoms with van der Waals surface area (Å²) in [5.41, 5.74) is 0. The Hall–Kier alpha value is 0. The van der Waals surface area contributed by atoms with Gasteiger partial charge in [0.25, 0.3) is 0 Å². The molecule has 2 rings (SSSR count). The van der Waals surface area contributed by atoms with Gasteiger partial charge >= 0.3 is 0 Å². The molecule has 0 aromatic rings. The first-order valence-corrected chi connectivity index (χ1v) is 9.15. The van der Waals surface area contributed by atoms with E-state index in [1.807, 2.05) is 13.8 Å². The molecule has 114 valence electrons. The first-order valence-electron chi connectivity index (χ1n) is 9.15. The van der Waals surface area contributed by atoms with E-state index < -0.39 is 0 Å². The van der Waals surface area contributed by atoms with Gasteiger partial charge in [0, 0.05) is 0 Å². The van der Waals surface area contributed by atoms with Crippen molar-refractivity contribution in [2.75, 3.05) is 0 Å². The molecule has 0 radical (unpaired) electrons. The van der Waals surface area contributed by atoms with E-state index in [1.54, 1.807) is 6.42 Å². The molecule has 2 fully saturated rings. The van der Waals surface area contributed by atoms with Gasteiger partial charge in [-0.3, -0.25) is 0 Å². The third-order valence-corrected chi connectivity index (χ3v) is 5.64.